The zero-order valence-electron chi connectivity index (χ0n) is 18.7. The van der Waals surface area contributed by atoms with Gasteiger partial charge < -0.3 is 14.4 Å². The molecule has 3 aromatic rings. The van der Waals surface area contributed by atoms with E-state index in [1.807, 2.05) is 54.6 Å². The average molecular weight is 496 g/mol. The summed E-state index contributed by atoms with van der Waals surface area (Å²) in [7, 11) is 2.88. The molecule has 34 heavy (non-hydrogen) atoms. The highest BCUT2D eigenvalue weighted by molar-refractivity contribution is 6.37. The van der Waals surface area contributed by atoms with Crippen LogP contribution < -0.4 is 4.74 Å². The van der Waals surface area contributed by atoms with Crippen molar-refractivity contribution in [1.82, 2.24) is 4.90 Å². The quantitative estimate of drug-likeness (QED) is 0.230. The Bertz CT molecular complexity index is 1210. The fourth-order valence-corrected chi connectivity index (χ4v) is 4.83. The van der Waals surface area contributed by atoms with Crippen LogP contribution in [0.2, 0.25) is 10.0 Å². The molecule has 0 aromatic heterocycles. The lowest BCUT2D eigenvalue weighted by Gasteiger charge is -2.53. The van der Waals surface area contributed by atoms with Gasteiger partial charge in [-0.3, -0.25) is 9.59 Å². The Balaban J connectivity index is 1.78. The molecular formula is C27H23Cl2NO4. The van der Waals surface area contributed by atoms with Crippen molar-refractivity contribution in [3.63, 3.8) is 0 Å². The molecule has 0 saturated carbocycles. The maximum atomic E-state index is 13.7. The van der Waals surface area contributed by atoms with Crippen molar-refractivity contribution in [3.8, 4) is 5.75 Å². The average Bonchev–Trinajstić information content (AvgIpc) is 2.86. The Morgan fingerprint density at radius 2 is 1.62 bits per heavy atom. The minimum atomic E-state index is -1.55. The van der Waals surface area contributed by atoms with Gasteiger partial charge >= 0.3 is 5.97 Å². The highest BCUT2D eigenvalue weighted by Gasteiger charge is 2.65. The van der Waals surface area contributed by atoms with Gasteiger partial charge in [0.1, 0.15) is 5.75 Å². The third kappa shape index (κ3) is 4.17. The molecule has 1 aliphatic rings. The second kappa shape index (κ2) is 9.92. The maximum absolute atomic E-state index is 13.7. The maximum Gasteiger partial charge on any atom is 0.327 e. The van der Waals surface area contributed by atoms with E-state index in [9.17, 15) is 9.59 Å². The summed E-state index contributed by atoms with van der Waals surface area (Å²) in [6.45, 7) is 0.321. The van der Waals surface area contributed by atoms with Crippen molar-refractivity contribution in [2.45, 2.75) is 12.6 Å². The lowest BCUT2D eigenvalue weighted by atomic mass is 9.67. The van der Waals surface area contributed by atoms with E-state index in [-0.39, 0.29) is 5.91 Å². The number of hydrogen-bond acceptors (Lipinski definition) is 4. The van der Waals surface area contributed by atoms with Crippen LogP contribution in [0.1, 0.15) is 22.7 Å². The molecule has 1 amide bonds. The van der Waals surface area contributed by atoms with Crippen LogP contribution in [0.4, 0.5) is 0 Å². The Hall–Kier alpha value is -3.28. The van der Waals surface area contributed by atoms with Gasteiger partial charge in [-0.25, -0.2) is 0 Å². The summed E-state index contributed by atoms with van der Waals surface area (Å²) in [4.78, 5) is 28.5. The zero-order chi connectivity index (χ0) is 24.3. The minimum Gasteiger partial charge on any atom is -0.497 e. The smallest absolute Gasteiger partial charge is 0.327 e. The summed E-state index contributed by atoms with van der Waals surface area (Å²) in [5.41, 5.74) is 0.704. The molecule has 0 bridgehead atoms. The Kier molecular flexibility index (Phi) is 6.96. The highest BCUT2D eigenvalue weighted by Crippen LogP contribution is 2.53. The predicted octanol–water partition coefficient (Wildman–Crippen LogP) is 5.96. The van der Waals surface area contributed by atoms with Gasteiger partial charge in [-0.1, -0.05) is 83.9 Å². The lowest BCUT2D eigenvalue weighted by molar-refractivity contribution is -0.184. The molecule has 1 saturated heterocycles. The molecule has 174 valence electrons. The van der Waals surface area contributed by atoms with Crippen LogP contribution in [0.15, 0.2) is 78.9 Å². The fraction of sp³-hybridized carbons (Fsp3) is 0.185. The van der Waals surface area contributed by atoms with Crippen molar-refractivity contribution >= 4 is 41.2 Å². The van der Waals surface area contributed by atoms with Crippen LogP contribution in [0.3, 0.4) is 0 Å². The van der Waals surface area contributed by atoms with Crippen LogP contribution in [-0.4, -0.2) is 31.0 Å². The van der Waals surface area contributed by atoms with E-state index in [2.05, 4.69) is 0 Å². The van der Waals surface area contributed by atoms with E-state index in [0.29, 0.717) is 22.2 Å². The molecule has 0 radical (unpaired) electrons. The molecule has 5 nitrogen and oxygen atoms in total. The monoisotopic (exact) mass is 495 g/mol. The molecule has 4 rings (SSSR count). The van der Waals surface area contributed by atoms with E-state index in [0.717, 1.165) is 16.9 Å². The van der Waals surface area contributed by atoms with Gasteiger partial charge in [-0.05, 0) is 35.4 Å². The molecule has 1 aliphatic heterocycles. The Morgan fingerprint density at radius 1 is 0.971 bits per heavy atom. The first kappa shape index (κ1) is 23.9. The molecule has 7 heteroatoms. The summed E-state index contributed by atoms with van der Waals surface area (Å²) in [5.74, 6) is -0.276. The summed E-state index contributed by atoms with van der Waals surface area (Å²) in [5, 5.41) is 0.837. The molecular weight excluding hydrogens is 473 g/mol. The molecule has 3 aromatic carbocycles. The van der Waals surface area contributed by atoms with Gasteiger partial charge in [0.05, 0.1) is 20.3 Å². The van der Waals surface area contributed by atoms with Crippen LogP contribution in [-0.2, 0) is 20.9 Å². The minimum absolute atomic E-state index is 0.321. The first-order valence-electron chi connectivity index (χ1n) is 10.6. The number of ether oxygens (including phenoxy) is 2. The largest absolute Gasteiger partial charge is 0.497 e. The van der Waals surface area contributed by atoms with Gasteiger partial charge in [-0.2, -0.15) is 0 Å². The van der Waals surface area contributed by atoms with Gasteiger partial charge in [0.2, 0.25) is 5.91 Å². The zero-order valence-corrected chi connectivity index (χ0v) is 20.2. The second-order valence-corrected chi connectivity index (χ2v) is 8.74. The summed E-state index contributed by atoms with van der Waals surface area (Å²) < 4.78 is 10.4. The van der Waals surface area contributed by atoms with E-state index >= 15 is 0 Å². The number of benzene rings is 3. The fourth-order valence-electron chi connectivity index (χ4n) is 4.30. The van der Waals surface area contributed by atoms with Crippen molar-refractivity contribution in [1.29, 1.82) is 0 Å². The first-order valence-corrected chi connectivity index (χ1v) is 11.4. The summed E-state index contributed by atoms with van der Waals surface area (Å²) in [6.07, 6.45) is 3.19. The number of carbonyl (C=O) groups is 2. The number of nitrogens with zero attached hydrogens (tertiary/aromatic N) is 1. The molecule has 2 atom stereocenters. The van der Waals surface area contributed by atoms with Gasteiger partial charge in [0.15, 0.2) is 5.41 Å². The Morgan fingerprint density at radius 3 is 2.21 bits per heavy atom. The molecule has 1 heterocycles. The van der Waals surface area contributed by atoms with Crippen molar-refractivity contribution in [3.05, 3.63) is 106 Å². The van der Waals surface area contributed by atoms with E-state index < -0.39 is 17.4 Å². The van der Waals surface area contributed by atoms with E-state index in [1.54, 1.807) is 42.4 Å². The van der Waals surface area contributed by atoms with Crippen molar-refractivity contribution < 1.29 is 19.1 Å². The number of esters is 1. The molecule has 0 aliphatic carbocycles. The SMILES string of the molecule is COC(=O)[C@]1(/C=C/c2c(Cl)cccc2Cl)C(=O)N(Cc2ccc(OC)cc2)[C@@H]1c1ccccc1. The number of hydrogen-bond donors (Lipinski definition) is 0. The van der Waals surface area contributed by atoms with Gasteiger partial charge in [0, 0.05) is 22.2 Å². The van der Waals surface area contributed by atoms with Crippen LogP contribution in [0.25, 0.3) is 6.08 Å². The summed E-state index contributed by atoms with van der Waals surface area (Å²) >= 11 is 12.7. The number of amides is 1. The third-order valence-corrected chi connectivity index (χ3v) is 6.68. The number of methoxy groups -OCH3 is 2. The molecule has 0 unspecified atom stereocenters. The first-order chi connectivity index (χ1) is 16.4. The normalized spacial score (nSPS) is 19.7. The molecule has 0 N–H and O–H groups in total. The number of halogens is 2. The number of carbonyl (C=O) groups excluding carboxylic acids is 2. The van der Waals surface area contributed by atoms with Crippen LogP contribution in [0, 0.1) is 5.41 Å². The predicted molar refractivity (Wildman–Crippen MR) is 133 cm³/mol. The van der Waals surface area contributed by atoms with Gasteiger partial charge in [0.25, 0.3) is 0 Å². The van der Waals surface area contributed by atoms with Crippen molar-refractivity contribution in [2.75, 3.05) is 14.2 Å². The summed E-state index contributed by atoms with van der Waals surface area (Å²) in [6, 6.07) is 21.4. The lowest BCUT2D eigenvalue weighted by Crippen LogP contribution is -2.65. The third-order valence-electron chi connectivity index (χ3n) is 6.02. The van der Waals surface area contributed by atoms with E-state index in [4.69, 9.17) is 32.7 Å². The van der Waals surface area contributed by atoms with E-state index in [1.165, 1.54) is 7.11 Å². The standard InChI is InChI=1S/C27H23Cl2NO4/c1-33-20-13-11-18(12-14-20)17-30-24(19-7-4-3-5-8-19)27(25(30)31,26(32)34-2)16-15-21-22(28)9-6-10-23(21)29/h3-16,24H,17H2,1-2H3/b16-15+/t24-,27+/m1/s1. The second-order valence-electron chi connectivity index (χ2n) is 7.92. The van der Waals surface area contributed by atoms with Crippen LogP contribution >= 0.6 is 23.2 Å². The highest BCUT2D eigenvalue weighted by atomic mass is 35.5. The van der Waals surface area contributed by atoms with Crippen molar-refractivity contribution in [2.24, 2.45) is 5.41 Å². The topological polar surface area (TPSA) is 55.8 Å². The molecule has 0 spiro atoms. The number of rotatable bonds is 7. The Labute approximate surface area is 208 Å². The number of β-lactam (4-membered cyclic amide) rings is 1. The van der Waals surface area contributed by atoms with Gasteiger partial charge in [-0.15, -0.1) is 0 Å². The number of likely N-dealkylation sites (tertiary alicyclic amines) is 1. The van der Waals surface area contributed by atoms with Crippen LogP contribution in [0.5, 0.6) is 5.75 Å². The molecule has 1 fully saturated rings.